The highest BCUT2D eigenvalue weighted by Crippen LogP contribution is 2.19. The van der Waals surface area contributed by atoms with Gasteiger partial charge in [0, 0.05) is 0 Å². The van der Waals surface area contributed by atoms with Crippen molar-refractivity contribution in [2.45, 2.75) is 50.9 Å². The highest BCUT2D eigenvalue weighted by molar-refractivity contribution is 7.92. The highest BCUT2D eigenvalue weighted by atomic mass is 32.2. The van der Waals surface area contributed by atoms with Crippen molar-refractivity contribution < 1.29 is 18.0 Å². The number of carbonyl (C=O) groups excluding carboxylic acids is 1. The Hall–Kier alpha value is -0.620. The fraction of sp³-hybridized carbons (Fsp3) is 0.900. The quantitative estimate of drug-likeness (QED) is 0.735. The molecule has 1 aliphatic heterocycles. The monoisotopic (exact) mass is 249 g/mol. The van der Waals surface area contributed by atoms with Gasteiger partial charge in [0.15, 0.2) is 9.84 Å². The van der Waals surface area contributed by atoms with Crippen LogP contribution in [0.2, 0.25) is 0 Å². The third-order valence-corrected chi connectivity index (χ3v) is 4.50. The van der Waals surface area contributed by atoms with E-state index in [4.69, 9.17) is 4.84 Å². The van der Waals surface area contributed by atoms with Crippen LogP contribution in [0, 0.1) is 0 Å². The van der Waals surface area contributed by atoms with Crippen molar-refractivity contribution in [3.05, 3.63) is 0 Å². The molecule has 5 nitrogen and oxygen atoms in total. The molecule has 0 aromatic heterocycles. The molecule has 6 heteroatoms. The number of sulfone groups is 1. The molecule has 1 aliphatic rings. The minimum atomic E-state index is -3.28. The first-order valence-electron chi connectivity index (χ1n) is 5.42. The van der Waals surface area contributed by atoms with E-state index in [9.17, 15) is 13.2 Å². The summed E-state index contributed by atoms with van der Waals surface area (Å²) in [4.78, 5) is 16.7. The van der Waals surface area contributed by atoms with Gasteiger partial charge in [0.1, 0.15) is 5.25 Å². The van der Waals surface area contributed by atoms with Gasteiger partial charge in [0.25, 0.3) is 5.91 Å². The summed E-state index contributed by atoms with van der Waals surface area (Å²) >= 11 is 0. The molecule has 0 saturated carbocycles. The number of hydrogen-bond donors (Lipinski definition) is 1. The van der Waals surface area contributed by atoms with Gasteiger partial charge >= 0.3 is 0 Å². The fourth-order valence-electron chi connectivity index (χ4n) is 1.52. The molecule has 1 rings (SSSR count). The third kappa shape index (κ3) is 3.75. The van der Waals surface area contributed by atoms with Crippen LogP contribution in [-0.4, -0.2) is 30.9 Å². The lowest BCUT2D eigenvalue weighted by Gasteiger charge is -2.24. The Balaban J connectivity index is 2.60. The number of rotatable bonds is 2. The smallest absolute Gasteiger partial charge is 0.261 e. The molecule has 1 N–H and O–H groups in total. The van der Waals surface area contributed by atoms with Gasteiger partial charge in [-0.25, -0.2) is 13.9 Å². The van der Waals surface area contributed by atoms with E-state index in [1.165, 1.54) is 0 Å². The van der Waals surface area contributed by atoms with Gasteiger partial charge in [-0.2, -0.15) is 0 Å². The number of hydroxylamine groups is 1. The lowest BCUT2D eigenvalue weighted by molar-refractivity contribution is -0.145. The molecule has 1 saturated heterocycles. The molecule has 1 amide bonds. The van der Waals surface area contributed by atoms with Gasteiger partial charge in [-0.3, -0.25) is 9.63 Å². The lowest BCUT2D eigenvalue weighted by atomic mass is 10.2. The normalized spacial score (nSPS) is 25.1. The zero-order valence-corrected chi connectivity index (χ0v) is 10.8. The zero-order chi connectivity index (χ0) is 12.4. The number of carbonyl (C=O) groups is 1. The van der Waals surface area contributed by atoms with Crippen molar-refractivity contribution in [2.75, 3.05) is 5.75 Å². The fourth-order valence-corrected chi connectivity index (χ4v) is 3.31. The molecule has 1 heterocycles. The Bertz CT molecular complexity index is 356. The van der Waals surface area contributed by atoms with Crippen LogP contribution in [0.15, 0.2) is 0 Å². The summed E-state index contributed by atoms with van der Waals surface area (Å²) in [6.07, 6.45) is 1.81. The number of nitrogens with one attached hydrogen (secondary N) is 1. The predicted molar refractivity (Wildman–Crippen MR) is 60.4 cm³/mol. The van der Waals surface area contributed by atoms with Crippen molar-refractivity contribution in [3.8, 4) is 0 Å². The molecule has 0 aromatic carbocycles. The lowest BCUT2D eigenvalue weighted by Crippen LogP contribution is -2.45. The molecule has 1 atom stereocenters. The maximum Gasteiger partial charge on any atom is 0.261 e. The first kappa shape index (κ1) is 13.4. The second-order valence-electron chi connectivity index (χ2n) is 5.03. The van der Waals surface area contributed by atoms with Crippen LogP contribution in [0.5, 0.6) is 0 Å². The second kappa shape index (κ2) is 4.71. The Labute approximate surface area is 96.4 Å². The van der Waals surface area contributed by atoms with E-state index in [1.807, 2.05) is 0 Å². The van der Waals surface area contributed by atoms with Crippen LogP contribution in [0.4, 0.5) is 0 Å². The highest BCUT2D eigenvalue weighted by Gasteiger charge is 2.35. The summed E-state index contributed by atoms with van der Waals surface area (Å²) in [6, 6.07) is 0. The van der Waals surface area contributed by atoms with Gasteiger partial charge in [0.2, 0.25) is 0 Å². The summed E-state index contributed by atoms with van der Waals surface area (Å²) < 4.78 is 23.3. The minimum Gasteiger partial charge on any atom is -0.271 e. The van der Waals surface area contributed by atoms with Crippen LogP contribution in [-0.2, 0) is 19.5 Å². The minimum absolute atomic E-state index is 0.0978. The number of hydrogen-bond acceptors (Lipinski definition) is 4. The Morgan fingerprint density at radius 3 is 2.44 bits per heavy atom. The van der Waals surface area contributed by atoms with Crippen molar-refractivity contribution in [3.63, 3.8) is 0 Å². The molecule has 94 valence electrons. The van der Waals surface area contributed by atoms with Crippen molar-refractivity contribution >= 4 is 15.7 Å². The molecule has 16 heavy (non-hydrogen) atoms. The molecule has 0 bridgehead atoms. The molecule has 1 unspecified atom stereocenters. The van der Waals surface area contributed by atoms with Crippen molar-refractivity contribution in [1.82, 2.24) is 5.48 Å². The SMILES string of the molecule is CC(C)(C)ONC(=O)C1CCCCS1(=O)=O. The van der Waals surface area contributed by atoms with E-state index in [1.54, 1.807) is 20.8 Å². The maximum absolute atomic E-state index is 11.6. The van der Waals surface area contributed by atoms with E-state index in [2.05, 4.69) is 5.48 Å². The Kier molecular flexibility index (Phi) is 3.96. The Morgan fingerprint density at radius 2 is 1.94 bits per heavy atom. The summed E-state index contributed by atoms with van der Waals surface area (Å²) in [5, 5.41) is -0.941. The van der Waals surface area contributed by atoms with E-state index < -0.39 is 26.6 Å². The molecule has 0 aliphatic carbocycles. The van der Waals surface area contributed by atoms with Gasteiger partial charge in [-0.15, -0.1) is 0 Å². The van der Waals surface area contributed by atoms with Crippen LogP contribution in [0.3, 0.4) is 0 Å². The van der Waals surface area contributed by atoms with Crippen molar-refractivity contribution in [1.29, 1.82) is 0 Å². The van der Waals surface area contributed by atoms with E-state index >= 15 is 0 Å². The molecule has 1 fully saturated rings. The molecular weight excluding hydrogens is 230 g/mol. The third-order valence-electron chi connectivity index (χ3n) is 2.33. The van der Waals surface area contributed by atoms with Crippen LogP contribution >= 0.6 is 0 Å². The largest absolute Gasteiger partial charge is 0.271 e. The Morgan fingerprint density at radius 1 is 1.31 bits per heavy atom. The van der Waals surface area contributed by atoms with Gasteiger partial charge in [0.05, 0.1) is 11.4 Å². The molecule has 0 aromatic rings. The van der Waals surface area contributed by atoms with Gasteiger partial charge < -0.3 is 0 Å². The van der Waals surface area contributed by atoms with E-state index in [-0.39, 0.29) is 5.75 Å². The van der Waals surface area contributed by atoms with Crippen LogP contribution in [0.25, 0.3) is 0 Å². The molecule has 0 radical (unpaired) electrons. The first-order valence-corrected chi connectivity index (χ1v) is 7.13. The average Bonchev–Trinajstić information content (AvgIpc) is 2.12. The molecule has 0 spiro atoms. The standard InChI is InChI=1S/C10H19NO4S/c1-10(2,3)15-11-9(12)8-6-4-5-7-16(8,13)14/h8H,4-7H2,1-3H3,(H,11,12). The summed E-state index contributed by atoms with van der Waals surface area (Å²) in [7, 11) is -3.28. The predicted octanol–water partition coefficient (Wildman–Crippen LogP) is 0.800. The second-order valence-corrected chi connectivity index (χ2v) is 7.34. The molecular formula is C10H19NO4S. The summed E-state index contributed by atoms with van der Waals surface area (Å²) in [5.74, 6) is -0.449. The van der Waals surface area contributed by atoms with Crippen LogP contribution < -0.4 is 5.48 Å². The van der Waals surface area contributed by atoms with Crippen molar-refractivity contribution in [2.24, 2.45) is 0 Å². The van der Waals surface area contributed by atoms with Gasteiger partial charge in [-0.1, -0.05) is 6.42 Å². The zero-order valence-electron chi connectivity index (χ0n) is 9.95. The first-order chi connectivity index (χ1) is 7.22. The maximum atomic E-state index is 11.6. The summed E-state index contributed by atoms with van der Waals surface area (Å²) in [5.41, 5.74) is 1.71. The summed E-state index contributed by atoms with van der Waals surface area (Å²) in [6.45, 7) is 5.34. The average molecular weight is 249 g/mol. The topological polar surface area (TPSA) is 72.5 Å². The van der Waals surface area contributed by atoms with Gasteiger partial charge in [-0.05, 0) is 33.6 Å². The van der Waals surface area contributed by atoms with E-state index in [0.717, 1.165) is 6.42 Å². The van der Waals surface area contributed by atoms with Crippen LogP contribution in [0.1, 0.15) is 40.0 Å². The van der Waals surface area contributed by atoms with E-state index in [0.29, 0.717) is 12.8 Å². The number of amides is 1.